The van der Waals surface area contributed by atoms with Gasteiger partial charge >= 0.3 is 35.8 Å². The Balaban J connectivity index is 3.87. The van der Waals surface area contributed by atoms with Crippen molar-refractivity contribution in [1.82, 2.24) is 31.9 Å². The van der Waals surface area contributed by atoms with Crippen LogP contribution >= 0.6 is 0 Å². The lowest BCUT2D eigenvalue weighted by Gasteiger charge is -2.30. The van der Waals surface area contributed by atoms with E-state index >= 15 is 0 Å². The molecule has 0 spiro atoms. The van der Waals surface area contributed by atoms with E-state index in [4.69, 9.17) is 28.4 Å². The maximum Gasteiger partial charge on any atom is 0.329 e. The van der Waals surface area contributed by atoms with Crippen molar-refractivity contribution in [3.63, 3.8) is 0 Å². The van der Waals surface area contributed by atoms with Crippen molar-refractivity contribution in [3.05, 3.63) is 0 Å². The molecule has 1 heterocycles. The van der Waals surface area contributed by atoms with Crippen LogP contribution in [0.5, 0.6) is 0 Å². The van der Waals surface area contributed by atoms with E-state index in [1.54, 1.807) is 125 Å². The van der Waals surface area contributed by atoms with Gasteiger partial charge in [0.15, 0.2) is 36.6 Å². The smallest absolute Gasteiger partial charge is 0.329 e. The summed E-state index contributed by atoms with van der Waals surface area (Å²) >= 11 is 0. The standard InChI is InChI=1S/C54H90N6O18/c1-22(2)34-49(67)73-31(19)43(61)55-38(26(9)10)53(71)77-41(29(15)16)47(65)59-36(24(5)6)51(69)75-33(21)45(63)57-39(27(11)12)54(72)78-42(30(17)18)48(66)60-35(23(3)4)50(68)74-32(20)44(62)56-37(25(7)8)52(70)76-40(28(13)14)46(64)58-34/h22-42H,1-21H3,(H,55,61)(H,56,62)(H,57,63)(H,58,64)(H,59,65)(H,60,66)/t31-,32-,33-,34+,35+,36?,37-,38-,39-,40+,41+,42+/m0/s1. The average molecular weight is 1110 g/mol. The Morgan fingerprint density at radius 3 is 0.513 bits per heavy atom. The lowest BCUT2D eigenvalue weighted by molar-refractivity contribution is -0.167. The molecule has 1 unspecified atom stereocenters. The van der Waals surface area contributed by atoms with Crippen molar-refractivity contribution >= 4 is 71.3 Å². The van der Waals surface area contributed by atoms with E-state index in [0.29, 0.717) is 0 Å². The largest absolute Gasteiger partial charge is 0.451 e. The fourth-order valence-electron chi connectivity index (χ4n) is 7.48. The normalized spacial score (nSPS) is 28.8. The first-order valence-corrected chi connectivity index (χ1v) is 26.9. The zero-order chi connectivity index (χ0) is 60.5. The summed E-state index contributed by atoms with van der Waals surface area (Å²) in [5.74, 6) is -17.8. The number of carbonyl (C=O) groups excluding carboxylic acids is 12. The molecule has 0 aromatic rings. The van der Waals surface area contributed by atoms with Crippen LogP contribution in [0.2, 0.25) is 0 Å². The van der Waals surface area contributed by atoms with Crippen molar-refractivity contribution in [2.75, 3.05) is 0 Å². The maximum absolute atomic E-state index is 13.9. The minimum Gasteiger partial charge on any atom is -0.451 e. The predicted octanol–water partition coefficient (Wildman–Crippen LogP) is 2.34. The Hall–Kier alpha value is -6.36. The predicted molar refractivity (Wildman–Crippen MR) is 281 cm³/mol. The SMILES string of the molecule is CC(C)C1NC(=O)[C@@H](C(C)C)OC(=O)[C@H](C(C)C)NC(=O)[C@H](C)OC(=O)[C@@H](C(C)C)NC(=O)[C@@H](C(C)C)OC(=O)[C@H](C(C)C)NC(=O)[C@H](C)OC(=O)[C@@H](C(C)C)NC(=O)[C@@H](C(C)C)OC(=O)[C@H](C(C)C)NC(=O)[C@H](C)OC1=O. The van der Waals surface area contributed by atoms with Crippen molar-refractivity contribution in [1.29, 1.82) is 0 Å². The van der Waals surface area contributed by atoms with Gasteiger partial charge in [-0.2, -0.15) is 0 Å². The van der Waals surface area contributed by atoms with E-state index in [-0.39, 0.29) is 0 Å². The third kappa shape index (κ3) is 20.8. The molecule has 0 aromatic carbocycles. The molecule has 6 N–H and O–H groups in total. The van der Waals surface area contributed by atoms with Crippen molar-refractivity contribution in [3.8, 4) is 0 Å². The molecule has 0 aromatic heterocycles. The van der Waals surface area contributed by atoms with E-state index in [1.807, 2.05) is 0 Å². The molecule has 1 aliphatic rings. The molecule has 24 nitrogen and oxygen atoms in total. The molecule has 0 bridgehead atoms. The molecule has 0 radical (unpaired) electrons. The van der Waals surface area contributed by atoms with Crippen molar-refractivity contribution in [2.24, 2.45) is 53.3 Å². The molecule has 1 saturated heterocycles. The molecular weight excluding hydrogens is 1020 g/mol. The Kier molecular flexibility index (Phi) is 27.9. The van der Waals surface area contributed by atoms with E-state index in [2.05, 4.69) is 31.9 Å². The third-order valence-electron chi connectivity index (χ3n) is 12.6. The first-order chi connectivity index (χ1) is 35.9. The van der Waals surface area contributed by atoms with Crippen LogP contribution in [0.25, 0.3) is 0 Å². The number of cyclic esters (lactones) is 6. The number of hydrogen-bond donors (Lipinski definition) is 6. The van der Waals surface area contributed by atoms with Gasteiger partial charge in [-0.15, -0.1) is 0 Å². The zero-order valence-electron chi connectivity index (χ0n) is 49.5. The quantitative estimate of drug-likeness (QED) is 0.143. The zero-order valence-corrected chi connectivity index (χ0v) is 49.5. The second kappa shape index (κ2) is 31.3. The molecular formula is C54H90N6O18. The fourth-order valence-corrected chi connectivity index (χ4v) is 7.48. The average Bonchev–Trinajstić information content (AvgIpc) is 3.31. The van der Waals surface area contributed by atoms with Gasteiger partial charge in [-0.25, -0.2) is 28.8 Å². The molecule has 0 aliphatic carbocycles. The van der Waals surface area contributed by atoms with Gasteiger partial charge in [0.05, 0.1) is 0 Å². The van der Waals surface area contributed by atoms with Crippen molar-refractivity contribution < 1.29 is 86.0 Å². The van der Waals surface area contributed by atoms with Gasteiger partial charge < -0.3 is 60.3 Å². The Morgan fingerprint density at radius 1 is 0.231 bits per heavy atom. The minimum atomic E-state index is -1.55. The molecule has 444 valence electrons. The number of esters is 6. The van der Waals surface area contributed by atoms with Crippen LogP contribution in [0.15, 0.2) is 0 Å². The molecule has 0 saturated carbocycles. The van der Waals surface area contributed by atoms with E-state index in [1.165, 1.54) is 20.8 Å². The Bertz CT molecular complexity index is 1890. The van der Waals surface area contributed by atoms with Gasteiger partial charge in [0.1, 0.15) is 36.3 Å². The topological polar surface area (TPSA) is 332 Å². The van der Waals surface area contributed by atoms with Crippen LogP contribution in [0.4, 0.5) is 0 Å². The van der Waals surface area contributed by atoms with Crippen LogP contribution < -0.4 is 31.9 Å². The number of ether oxygens (including phenoxy) is 6. The molecule has 12 atom stereocenters. The van der Waals surface area contributed by atoms with Crippen LogP contribution in [0.3, 0.4) is 0 Å². The molecule has 6 amide bonds. The highest BCUT2D eigenvalue weighted by Gasteiger charge is 2.42. The molecule has 1 fully saturated rings. The van der Waals surface area contributed by atoms with Gasteiger partial charge in [0.25, 0.3) is 35.4 Å². The molecule has 1 rings (SSSR count). The van der Waals surface area contributed by atoms with E-state index in [0.717, 1.165) is 0 Å². The second-order valence-electron chi connectivity index (χ2n) is 22.9. The highest BCUT2D eigenvalue weighted by Crippen LogP contribution is 2.19. The molecule has 24 heteroatoms. The lowest BCUT2D eigenvalue weighted by atomic mass is 10.0. The lowest BCUT2D eigenvalue weighted by Crippen LogP contribution is -2.56. The van der Waals surface area contributed by atoms with Gasteiger partial charge in [0.2, 0.25) is 0 Å². The summed E-state index contributed by atoms with van der Waals surface area (Å²) in [5.41, 5.74) is 0. The highest BCUT2D eigenvalue weighted by molar-refractivity contribution is 5.96. The summed E-state index contributed by atoms with van der Waals surface area (Å²) in [4.78, 5) is 165. The van der Waals surface area contributed by atoms with Crippen molar-refractivity contribution in [2.45, 2.75) is 218 Å². The van der Waals surface area contributed by atoms with Gasteiger partial charge in [-0.3, -0.25) is 28.8 Å². The second-order valence-corrected chi connectivity index (χ2v) is 22.9. The van der Waals surface area contributed by atoms with Crippen LogP contribution in [0.1, 0.15) is 145 Å². The summed E-state index contributed by atoms with van der Waals surface area (Å²) < 4.78 is 33.5. The number of amides is 6. The Morgan fingerprint density at radius 2 is 0.372 bits per heavy atom. The molecule has 1 aliphatic heterocycles. The first-order valence-electron chi connectivity index (χ1n) is 26.9. The van der Waals surface area contributed by atoms with E-state index < -0.39 is 197 Å². The number of hydrogen-bond acceptors (Lipinski definition) is 18. The summed E-state index contributed by atoms with van der Waals surface area (Å²) in [5, 5.41) is 15.1. The number of nitrogens with one attached hydrogen (secondary N) is 6. The van der Waals surface area contributed by atoms with E-state index in [9.17, 15) is 57.5 Å². The first kappa shape index (κ1) is 69.7. The highest BCUT2D eigenvalue weighted by atomic mass is 16.6. The maximum atomic E-state index is 13.9. The fraction of sp³-hybridized carbons (Fsp3) is 0.778. The Labute approximate surface area is 459 Å². The molecule has 78 heavy (non-hydrogen) atoms. The van der Waals surface area contributed by atoms with Gasteiger partial charge in [-0.05, 0) is 74.0 Å². The minimum absolute atomic E-state index is 0.647. The summed E-state index contributed by atoms with van der Waals surface area (Å²) in [7, 11) is 0. The van der Waals surface area contributed by atoms with Crippen LogP contribution in [0, 0.1) is 53.3 Å². The van der Waals surface area contributed by atoms with Gasteiger partial charge in [-0.1, -0.05) is 125 Å². The third-order valence-corrected chi connectivity index (χ3v) is 12.6. The number of carbonyl (C=O) groups is 12. The summed E-state index contributed by atoms with van der Waals surface area (Å²) in [6.07, 6.45) is -9.25. The number of rotatable bonds is 9. The van der Waals surface area contributed by atoms with Gasteiger partial charge in [0, 0.05) is 0 Å². The van der Waals surface area contributed by atoms with Crippen LogP contribution in [-0.4, -0.2) is 144 Å². The summed E-state index contributed by atoms with van der Waals surface area (Å²) in [6.45, 7) is 32.1. The monoisotopic (exact) mass is 1110 g/mol. The summed E-state index contributed by atoms with van der Waals surface area (Å²) in [6, 6.07) is -8.38. The van der Waals surface area contributed by atoms with Crippen LogP contribution in [-0.2, 0) is 86.0 Å².